The van der Waals surface area contributed by atoms with Crippen LogP contribution in [0.2, 0.25) is 0 Å². The van der Waals surface area contributed by atoms with Gasteiger partial charge in [-0.1, -0.05) is 59.4 Å². The lowest BCUT2D eigenvalue weighted by Gasteiger charge is -2.24. The first kappa shape index (κ1) is 23.8. The van der Waals surface area contributed by atoms with Crippen LogP contribution < -0.4 is 4.90 Å². The van der Waals surface area contributed by atoms with Crippen LogP contribution in [0, 0.1) is 0 Å². The van der Waals surface area contributed by atoms with E-state index in [0.29, 0.717) is 5.75 Å². The van der Waals surface area contributed by atoms with Crippen molar-refractivity contribution in [3.05, 3.63) is 24.3 Å². The fraction of sp³-hybridized carbons (Fsp3) is 0.727. The van der Waals surface area contributed by atoms with Crippen molar-refractivity contribution in [1.82, 2.24) is 0 Å². The zero-order valence-corrected chi connectivity index (χ0v) is 17.1. The lowest BCUT2D eigenvalue weighted by molar-refractivity contribution is 0.128. The smallest absolute Gasteiger partial charge is 0.117 e. The summed E-state index contributed by atoms with van der Waals surface area (Å²) in [6.45, 7) is 12.9. The van der Waals surface area contributed by atoms with E-state index in [1.807, 2.05) is 12.1 Å². The zero-order chi connectivity index (χ0) is 18.8. The van der Waals surface area contributed by atoms with E-state index < -0.39 is 0 Å². The summed E-state index contributed by atoms with van der Waals surface area (Å²) in [7, 11) is 0. The van der Waals surface area contributed by atoms with Crippen LogP contribution in [0.25, 0.3) is 0 Å². The minimum absolute atomic E-state index is 0.357. The molecule has 3 nitrogen and oxygen atoms in total. The number of aromatic hydroxyl groups is 1. The lowest BCUT2D eigenvalue weighted by atomic mass is 10.2. The molecule has 0 aliphatic rings. The number of benzene rings is 1. The first-order valence-corrected chi connectivity index (χ1v) is 10.3. The van der Waals surface area contributed by atoms with Crippen LogP contribution >= 0.6 is 0 Å². The monoisotopic (exact) mass is 351 g/mol. The summed E-state index contributed by atoms with van der Waals surface area (Å²) in [6.07, 6.45) is 9.74. The minimum Gasteiger partial charge on any atom is -0.508 e. The number of rotatable bonds is 13. The highest BCUT2D eigenvalue weighted by atomic mass is 16.5. The third kappa shape index (κ3) is 13.7. The van der Waals surface area contributed by atoms with Gasteiger partial charge in [0.1, 0.15) is 5.75 Å². The normalized spacial score (nSPS) is 10.2. The van der Waals surface area contributed by atoms with Gasteiger partial charge >= 0.3 is 0 Å². The van der Waals surface area contributed by atoms with Crippen LogP contribution in [-0.4, -0.2) is 31.4 Å². The molecule has 0 aliphatic heterocycles. The summed E-state index contributed by atoms with van der Waals surface area (Å²) in [4.78, 5) is 2.37. The highest BCUT2D eigenvalue weighted by molar-refractivity contribution is 5.50. The van der Waals surface area contributed by atoms with E-state index in [4.69, 9.17) is 4.74 Å². The van der Waals surface area contributed by atoms with Gasteiger partial charge in [0.05, 0.1) is 0 Å². The van der Waals surface area contributed by atoms with Gasteiger partial charge in [-0.2, -0.15) is 0 Å². The van der Waals surface area contributed by atoms with Crippen molar-refractivity contribution in [2.24, 2.45) is 0 Å². The van der Waals surface area contributed by atoms with Gasteiger partial charge in [0.25, 0.3) is 0 Å². The Labute approximate surface area is 156 Å². The molecular weight excluding hydrogens is 310 g/mol. The van der Waals surface area contributed by atoms with Crippen molar-refractivity contribution in [1.29, 1.82) is 0 Å². The number of hydrogen-bond acceptors (Lipinski definition) is 3. The second kappa shape index (κ2) is 17.6. The zero-order valence-electron chi connectivity index (χ0n) is 17.1. The molecule has 0 saturated heterocycles. The highest BCUT2D eigenvalue weighted by Crippen LogP contribution is 2.20. The van der Waals surface area contributed by atoms with E-state index in [2.05, 4.69) is 38.7 Å². The summed E-state index contributed by atoms with van der Waals surface area (Å²) in [5.41, 5.74) is 1.14. The minimum atomic E-state index is 0.357. The molecule has 0 aromatic heterocycles. The number of ether oxygens (including phenoxy) is 1. The Hall–Kier alpha value is -1.22. The molecule has 3 heteroatoms. The second-order valence-corrected chi connectivity index (χ2v) is 6.53. The Morgan fingerprint density at radius 1 is 0.800 bits per heavy atom. The Kier molecular flexibility index (Phi) is 16.7. The second-order valence-electron chi connectivity index (χ2n) is 6.53. The molecule has 0 fully saturated rings. The van der Waals surface area contributed by atoms with Crippen LogP contribution in [-0.2, 0) is 4.74 Å². The van der Waals surface area contributed by atoms with Crippen LogP contribution in [0.1, 0.15) is 79.1 Å². The van der Waals surface area contributed by atoms with Crippen LogP contribution in [0.3, 0.4) is 0 Å². The van der Waals surface area contributed by atoms with Crippen molar-refractivity contribution >= 4 is 5.69 Å². The van der Waals surface area contributed by atoms with Gasteiger partial charge in [-0.25, -0.2) is 0 Å². The van der Waals surface area contributed by atoms with E-state index in [9.17, 15) is 5.11 Å². The van der Waals surface area contributed by atoms with E-state index in [0.717, 1.165) is 32.0 Å². The SMILES string of the molecule is CCCCN(CCCC)c1cccc(O)c1.CCCCOCCCC. The van der Waals surface area contributed by atoms with Gasteiger partial charge in [-0.3, -0.25) is 0 Å². The fourth-order valence-corrected chi connectivity index (χ4v) is 2.35. The fourth-order valence-electron chi connectivity index (χ4n) is 2.35. The third-order valence-electron chi connectivity index (χ3n) is 4.04. The molecule has 0 heterocycles. The summed E-state index contributed by atoms with van der Waals surface area (Å²) in [5.74, 6) is 0.357. The third-order valence-corrected chi connectivity index (χ3v) is 4.04. The van der Waals surface area contributed by atoms with Crippen molar-refractivity contribution in [3.8, 4) is 5.75 Å². The first-order chi connectivity index (χ1) is 12.2. The van der Waals surface area contributed by atoms with Gasteiger partial charge in [-0.15, -0.1) is 0 Å². The molecule has 0 unspecified atom stereocenters. The molecule has 0 radical (unpaired) electrons. The Morgan fingerprint density at radius 2 is 1.32 bits per heavy atom. The largest absolute Gasteiger partial charge is 0.508 e. The average molecular weight is 352 g/mol. The summed E-state index contributed by atoms with van der Waals surface area (Å²) in [6, 6.07) is 7.56. The first-order valence-electron chi connectivity index (χ1n) is 10.3. The number of phenolic OH excluding ortho intramolecular Hbond substituents is 1. The number of hydrogen-bond donors (Lipinski definition) is 1. The molecule has 25 heavy (non-hydrogen) atoms. The lowest BCUT2D eigenvalue weighted by Crippen LogP contribution is -2.25. The number of phenols is 1. The predicted octanol–water partition coefficient (Wildman–Crippen LogP) is 6.40. The van der Waals surface area contributed by atoms with Crippen LogP contribution in [0.15, 0.2) is 24.3 Å². The predicted molar refractivity (Wildman–Crippen MR) is 111 cm³/mol. The maximum Gasteiger partial charge on any atom is 0.117 e. The van der Waals surface area contributed by atoms with Crippen molar-refractivity contribution in [3.63, 3.8) is 0 Å². The quantitative estimate of drug-likeness (QED) is 0.417. The van der Waals surface area contributed by atoms with E-state index in [1.54, 1.807) is 6.07 Å². The van der Waals surface area contributed by atoms with Crippen molar-refractivity contribution < 1.29 is 9.84 Å². The van der Waals surface area contributed by atoms with Crippen molar-refractivity contribution in [2.45, 2.75) is 79.1 Å². The topological polar surface area (TPSA) is 32.7 Å². The van der Waals surface area contributed by atoms with Gasteiger partial charge in [0.15, 0.2) is 0 Å². The molecule has 0 aliphatic carbocycles. The standard InChI is InChI=1S/C14H23NO.C8H18O/c1-3-5-10-15(11-6-4-2)13-8-7-9-14(16)12-13;1-3-5-7-9-8-6-4-2/h7-9,12,16H,3-6,10-11H2,1-2H3;3-8H2,1-2H3. The Balaban J connectivity index is 0.000000547. The molecule has 0 saturated carbocycles. The number of unbranched alkanes of at least 4 members (excludes halogenated alkanes) is 4. The van der Waals surface area contributed by atoms with Gasteiger partial charge < -0.3 is 14.7 Å². The van der Waals surface area contributed by atoms with Gasteiger partial charge in [0, 0.05) is 38.1 Å². The number of nitrogens with zero attached hydrogens (tertiary/aromatic N) is 1. The summed E-state index contributed by atoms with van der Waals surface area (Å²) < 4.78 is 5.31. The summed E-state index contributed by atoms with van der Waals surface area (Å²) in [5, 5.41) is 9.49. The molecule has 0 spiro atoms. The average Bonchev–Trinajstić information content (AvgIpc) is 2.62. The van der Waals surface area contributed by atoms with Gasteiger partial charge in [0.2, 0.25) is 0 Å². The molecule has 1 aromatic rings. The molecule has 1 aromatic carbocycles. The van der Waals surface area contributed by atoms with E-state index >= 15 is 0 Å². The molecule has 0 bridgehead atoms. The molecule has 146 valence electrons. The van der Waals surface area contributed by atoms with Gasteiger partial charge in [-0.05, 0) is 37.8 Å². The molecular formula is C22H41NO2. The maximum absolute atomic E-state index is 9.49. The molecule has 0 atom stereocenters. The Morgan fingerprint density at radius 3 is 1.76 bits per heavy atom. The van der Waals surface area contributed by atoms with Crippen LogP contribution in [0.5, 0.6) is 5.75 Å². The van der Waals surface area contributed by atoms with E-state index in [-0.39, 0.29) is 0 Å². The van der Waals surface area contributed by atoms with Crippen molar-refractivity contribution in [2.75, 3.05) is 31.2 Å². The molecule has 0 amide bonds. The van der Waals surface area contributed by atoms with E-state index in [1.165, 1.54) is 51.4 Å². The maximum atomic E-state index is 9.49. The highest BCUT2D eigenvalue weighted by Gasteiger charge is 2.05. The number of anilines is 1. The van der Waals surface area contributed by atoms with Crippen LogP contribution in [0.4, 0.5) is 5.69 Å². The molecule has 1 rings (SSSR count). The Bertz CT molecular complexity index is 381. The molecule has 1 N–H and O–H groups in total. The summed E-state index contributed by atoms with van der Waals surface area (Å²) >= 11 is 0.